The second-order valence-electron chi connectivity index (χ2n) is 5.87. The summed E-state index contributed by atoms with van der Waals surface area (Å²) >= 11 is 4.51. The summed E-state index contributed by atoms with van der Waals surface area (Å²) in [6.45, 7) is 7.58. The number of likely N-dealkylation sites (N-methyl/N-ethyl adjacent to an activating group) is 1. The topological polar surface area (TPSA) is 32.7 Å². The number of aliphatic hydroxyl groups is 1. The molecule has 1 aliphatic heterocycles. The van der Waals surface area contributed by atoms with Gasteiger partial charge in [-0.05, 0) is 31.1 Å². The van der Waals surface area contributed by atoms with E-state index in [1.807, 2.05) is 0 Å². The van der Waals surface area contributed by atoms with Gasteiger partial charge in [-0.3, -0.25) is 0 Å². The fourth-order valence-corrected chi connectivity index (χ4v) is 3.33. The van der Waals surface area contributed by atoms with Crippen LogP contribution in [0, 0.1) is 5.41 Å². The molecule has 0 saturated carbocycles. The van der Waals surface area contributed by atoms with E-state index in [0.717, 1.165) is 44.5 Å². The van der Waals surface area contributed by atoms with Crippen molar-refractivity contribution in [1.82, 2.24) is 4.90 Å². The van der Waals surface area contributed by atoms with E-state index in [1.54, 1.807) is 0 Å². The summed E-state index contributed by atoms with van der Waals surface area (Å²) in [6, 6.07) is 0. The van der Waals surface area contributed by atoms with Gasteiger partial charge in [0.2, 0.25) is 0 Å². The van der Waals surface area contributed by atoms with Crippen LogP contribution in [0.15, 0.2) is 0 Å². The third kappa shape index (κ3) is 4.41. The average Bonchev–Trinajstić information content (AvgIpc) is 2.36. The van der Waals surface area contributed by atoms with Crippen molar-refractivity contribution < 1.29 is 9.84 Å². The van der Waals surface area contributed by atoms with Gasteiger partial charge in [0, 0.05) is 39.1 Å². The van der Waals surface area contributed by atoms with Crippen molar-refractivity contribution in [2.75, 3.05) is 39.1 Å². The molecule has 0 aromatic carbocycles. The fourth-order valence-electron chi connectivity index (χ4n) is 2.79. The molecule has 0 bridgehead atoms. The highest BCUT2D eigenvalue weighted by Gasteiger charge is 2.33. The maximum Gasteiger partial charge on any atom is 0.0817 e. The van der Waals surface area contributed by atoms with Gasteiger partial charge in [0.25, 0.3) is 0 Å². The number of rotatable bonds is 7. The van der Waals surface area contributed by atoms with Crippen LogP contribution in [-0.4, -0.2) is 54.7 Å². The smallest absolute Gasteiger partial charge is 0.0817 e. The van der Waals surface area contributed by atoms with E-state index in [0.29, 0.717) is 13.2 Å². The molecule has 1 N–H and O–H groups in total. The largest absolute Gasteiger partial charge is 0.388 e. The van der Waals surface area contributed by atoms with Crippen molar-refractivity contribution in [2.45, 2.75) is 45.1 Å². The minimum Gasteiger partial charge on any atom is -0.388 e. The Labute approximate surface area is 117 Å². The Hall–Kier alpha value is 0.230. The van der Waals surface area contributed by atoms with E-state index in [-0.39, 0.29) is 5.41 Å². The van der Waals surface area contributed by atoms with Crippen LogP contribution in [0.3, 0.4) is 0 Å². The number of thiol groups is 1. The first kappa shape index (κ1) is 16.3. The van der Waals surface area contributed by atoms with Crippen LogP contribution in [0.4, 0.5) is 0 Å². The predicted octanol–water partition coefficient (Wildman–Crippen LogP) is 2.20. The summed E-state index contributed by atoms with van der Waals surface area (Å²) in [7, 11) is 2.11. The molecule has 0 aliphatic carbocycles. The van der Waals surface area contributed by atoms with Crippen molar-refractivity contribution in [3.05, 3.63) is 0 Å². The molecule has 1 rings (SSSR count). The Morgan fingerprint density at radius 2 is 1.83 bits per heavy atom. The highest BCUT2D eigenvalue weighted by molar-refractivity contribution is 7.80. The van der Waals surface area contributed by atoms with E-state index >= 15 is 0 Å². The van der Waals surface area contributed by atoms with Crippen molar-refractivity contribution in [3.8, 4) is 0 Å². The van der Waals surface area contributed by atoms with Crippen LogP contribution < -0.4 is 0 Å². The monoisotopic (exact) mass is 275 g/mol. The maximum absolute atomic E-state index is 10.5. The average molecular weight is 275 g/mol. The second-order valence-corrected chi connectivity index (χ2v) is 6.19. The van der Waals surface area contributed by atoms with Gasteiger partial charge in [0.05, 0.1) is 5.60 Å². The normalized spacial score (nSPS) is 20.3. The molecule has 0 radical (unpaired) electrons. The first-order valence-corrected chi connectivity index (χ1v) is 7.72. The predicted molar refractivity (Wildman–Crippen MR) is 79.4 cm³/mol. The highest BCUT2D eigenvalue weighted by atomic mass is 32.1. The van der Waals surface area contributed by atoms with Gasteiger partial charge in [-0.15, -0.1) is 0 Å². The first-order chi connectivity index (χ1) is 8.49. The zero-order valence-electron chi connectivity index (χ0n) is 12.1. The lowest BCUT2D eigenvalue weighted by Gasteiger charge is -2.40. The summed E-state index contributed by atoms with van der Waals surface area (Å²) < 4.78 is 5.32. The fraction of sp³-hybridized carbons (Fsp3) is 1.00. The lowest BCUT2D eigenvalue weighted by atomic mass is 9.83. The van der Waals surface area contributed by atoms with Gasteiger partial charge in [0.1, 0.15) is 0 Å². The quantitative estimate of drug-likeness (QED) is 0.699. The molecule has 0 amide bonds. The number of ether oxygens (including phenoxy) is 1. The van der Waals surface area contributed by atoms with E-state index in [4.69, 9.17) is 4.74 Å². The van der Waals surface area contributed by atoms with Crippen LogP contribution in [0.25, 0.3) is 0 Å². The van der Waals surface area contributed by atoms with E-state index in [1.165, 1.54) is 0 Å². The molecule has 1 heterocycles. The molecule has 1 fully saturated rings. The second kappa shape index (κ2) is 7.13. The molecule has 0 spiro atoms. The Kier molecular flexibility index (Phi) is 6.45. The summed E-state index contributed by atoms with van der Waals surface area (Å²) in [5.74, 6) is 0.909. The molecule has 0 unspecified atom stereocenters. The van der Waals surface area contributed by atoms with Crippen LogP contribution in [0.2, 0.25) is 0 Å². The highest BCUT2D eigenvalue weighted by Crippen LogP contribution is 2.30. The number of nitrogens with zero attached hydrogens (tertiary/aromatic N) is 1. The van der Waals surface area contributed by atoms with Crippen LogP contribution in [-0.2, 0) is 4.74 Å². The molecule has 1 saturated heterocycles. The number of hydrogen-bond donors (Lipinski definition) is 2. The lowest BCUT2D eigenvalue weighted by molar-refractivity contribution is -0.0800. The lowest BCUT2D eigenvalue weighted by Crippen LogP contribution is -2.48. The molecule has 3 nitrogen and oxygen atoms in total. The van der Waals surface area contributed by atoms with Gasteiger partial charge in [-0.25, -0.2) is 0 Å². The van der Waals surface area contributed by atoms with Gasteiger partial charge < -0.3 is 14.7 Å². The van der Waals surface area contributed by atoms with E-state index in [2.05, 4.69) is 38.4 Å². The molecule has 18 heavy (non-hydrogen) atoms. The third-order valence-corrected chi connectivity index (χ3v) is 5.10. The molecule has 108 valence electrons. The molecular formula is C14H29NO2S. The maximum atomic E-state index is 10.5. The van der Waals surface area contributed by atoms with Gasteiger partial charge in [-0.2, -0.15) is 12.6 Å². The summed E-state index contributed by atoms with van der Waals surface area (Å²) in [5.41, 5.74) is -0.282. The Bertz CT molecular complexity index is 230. The van der Waals surface area contributed by atoms with Crippen molar-refractivity contribution in [2.24, 2.45) is 5.41 Å². The van der Waals surface area contributed by atoms with Crippen LogP contribution in [0.1, 0.15) is 39.5 Å². The first-order valence-electron chi connectivity index (χ1n) is 7.09. The molecule has 0 aromatic heterocycles. The van der Waals surface area contributed by atoms with E-state index < -0.39 is 5.60 Å². The van der Waals surface area contributed by atoms with Crippen LogP contribution >= 0.6 is 12.6 Å². The zero-order chi connectivity index (χ0) is 13.6. The van der Waals surface area contributed by atoms with Crippen LogP contribution in [0.5, 0.6) is 0 Å². The summed E-state index contributed by atoms with van der Waals surface area (Å²) in [5, 5.41) is 10.5. The van der Waals surface area contributed by atoms with Crippen molar-refractivity contribution in [3.63, 3.8) is 0 Å². The molecule has 1 aliphatic rings. The number of hydrogen-bond acceptors (Lipinski definition) is 4. The zero-order valence-corrected chi connectivity index (χ0v) is 13.0. The van der Waals surface area contributed by atoms with Gasteiger partial charge in [-0.1, -0.05) is 13.8 Å². The Balaban J connectivity index is 2.51. The standard InChI is InChI=1S/C14H29NO2S/c1-4-13(5-2,12-18)10-15(3)11-14(16)6-8-17-9-7-14/h16,18H,4-12H2,1-3H3. The molecule has 0 aromatic rings. The van der Waals surface area contributed by atoms with Crippen molar-refractivity contribution in [1.29, 1.82) is 0 Å². The Morgan fingerprint density at radius 1 is 1.28 bits per heavy atom. The summed E-state index contributed by atoms with van der Waals surface area (Å²) in [4.78, 5) is 2.27. The van der Waals surface area contributed by atoms with Gasteiger partial charge >= 0.3 is 0 Å². The third-order valence-electron chi connectivity index (χ3n) is 4.43. The minimum atomic E-state index is -0.559. The molecule has 0 atom stereocenters. The molecule has 4 heteroatoms. The molecular weight excluding hydrogens is 246 g/mol. The SMILES string of the molecule is CCC(CC)(CS)CN(C)CC1(O)CCOCC1. The Morgan fingerprint density at radius 3 is 2.28 bits per heavy atom. The summed E-state index contributed by atoms with van der Waals surface area (Å²) in [6.07, 6.45) is 3.78. The minimum absolute atomic E-state index is 0.277. The van der Waals surface area contributed by atoms with Crippen molar-refractivity contribution >= 4 is 12.6 Å². The van der Waals surface area contributed by atoms with Gasteiger partial charge in [0.15, 0.2) is 0 Å². The van der Waals surface area contributed by atoms with E-state index in [9.17, 15) is 5.11 Å².